The number of halogens is 3. The number of aliphatic hydroxyl groups excluding tert-OH is 1. The van der Waals surface area contributed by atoms with Crippen molar-refractivity contribution in [2.75, 3.05) is 39.4 Å². The van der Waals surface area contributed by atoms with Crippen molar-refractivity contribution in [3.05, 3.63) is 0 Å². The second-order valence-corrected chi connectivity index (χ2v) is 8.50. The van der Waals surface area contributed by atoms with Crippen molar-refractivity contribution in [3.8, 4) is 0 Å². The molecular weight excluding hydrogens is 377 g/mol. The van der Waals surface area contributed by atoms with Gasteiger partial charge in [-0.3, -0.25) is 9.59 Å². The summed E-state index contributed by atoms with van der Waals surface area (Å²) in [5.41, 5.74) is -0.551. The average molecular weight is 406 g/mol. The van der Waals surface area contributed by atoms with Crippen LogP contribution in [-0.2, 0) is 14.3 Å². The molecule has 6 nitrogen and oxygen atoms in total. The van der Waals surface area contributed by atoms with Crippen molar-refractivity contribution >= 4 is 11.8 Å². The second kappa shape index (κ2) is 8.18. The predicted molar refractivity (Wildman–Crippen MR) is 94.2 cm³/mol. The number of alkyl halides is 3. The molecule has 4 atom stereocenters. The molecule has 0 radical (unpaired) electrons. The summed E-state index contributed by atoms with van der Waals surface area (Å²) in [5, 5.41) is 10.8. The van der Waals surface area contributed by atoms with Gasteiger partial charge in [-0.1, -0.05) is 13.3 Å². The number of piperidine rings is 1. The number of amides is 2. The molecule has 3 rings (SSSR count). The van der Waals surface area contributed by atoms with Crippen LogP contribution in [0.5, 0.6) is 0 Å². The molecule has 2 amide bonds. The zero-order valence-electron chi connectivity index (χ0n) is 16.2. The highest BCUT2D eigenvalue weighted by molar-refractivity contribution is 5.79. The second-order valence-electron chi connectivity index (χ2n) is 8.50. The van der Waals surface area contributed by atoms with E-state index >= 15 is 0 Å². The Balaban J connectivity index is 1.71. The van der Waals surface area contributed by atoms with Crippen molar-refractivity contribution in [2.45, 2.75) is 51.3 Å². The SMILES string of the molecule is C[C@H](CC(F)(F)F)C(=O)N1CCC(O)C2(CCCC2CN2CCOCC2=O)C1. The molecule has 0 aromatic carbocycles. The third-order valence-electron chi connectivity index (χ3n) is 6.62. The van der Waals surface area contributed by atoms with E-state index < -0.39 is 35.9 Å². The lowest BCUT2D eigenvalue weighted by Gasteiger charge is -2.49. The average Bonchev–Trinajstić information content (AvgIpc) is 3.00. The lowest BCUT2D eigenvalue weighted by Crippen LogP contribution is -2.58. The molecule has 0 aromatic heterocycles. The lowest BCUT2D eigenvalue weighted by atomic mass is 9.69. The van der Waals surface area contributed by atoms with E-state index in [2.05, 4.69) is 0 Å². The molecule has 3 fully saturated rings. The number of carbonyl (C=O) groups excluding carboxylic acids is 2. The van der Waals surface area contributed by atoms with E-state index in [1.54, 1.807) is 4.90 Å². The maximum absolute atomic E-state index is 12.7. The zero-order chi connectivity index (χ0) is 20.5. The minimum Gasteiger partial charge on any atom is -0.392 e. The predicted octanol–water partition coefficient (Wildman–Crippen LogP) is 1.81. The van der Waals surface area contributed by atoms with E-state index in [-0.39, 0.29) is 31.5 Å². The molecule has 2 saturated heterocycles. The summed E-state index contributed by atoms with van der Waals surface area (Å²) in [5.74, 6) is -1.69. The molecule has 160 valence electrons. The minimum absolute atomic E-state index is 0.0260. The van der Waals surface area contributed by atoms with E-state index in [1.165, 1.54) is 11.8 Å². The van der Waals surface area contributed by atoms with Gasteiger partial charge in [0.05, 0.1) is 19.1 Å². The number of ether oxygens (including phenoxy) is 1. The standard InChI is InChI=1S/C19H29F3N2O4/c1-13(9-19(20,21)22)17(27)24-6-4-15(25)18(12-24)5-2-3-14(18)10-23-7-8-28-11-16(23)26/h13-15,25H,2-12H2,1H3/t13-,14?,15?,18?/m1/s1. The molecule has 3 unspecified atom stereocenters. The van der Waals surface area contributed by atoms with Crippen LogP contribution in [0, 0.1) is 17.3 Å². The molecule has 2 aliphatic heterocycles. The van der Waals surface area contributed by atoms with Crippen LogP contribution in [0.1, 0.15) is 39.0 Å². The van der Waals surface area contributed by atoms with Crippen LogP contribution in [0.3, 0.4) is 0 Å². The molecule has 0 aromatic rings. The van der Waals surface area contributed by atoms with Gasteiger partial charge in [0.1, 0.15) is 6.61 Å². The molecule has 1 spiro atoms. The Kier molecular flexibility index (Phi) is 6.24. The number of likely N-dealkylation sites (tertiary alicyclic amines) is 1. The van der Waals surface area contributed by atoms with Gasteiger partial charge >= 0.3 is 6.18 Å². The van der Waals surface area contributed by atoms with E-state index in [0.717, 1.165) is 19.3 Å². The molecule has 0 bridgehead atoms. The van der Waals surface area contributed by atoms with E-state index in [1.807, 2.05) is 0 Å². The van der Waals surface area contributed by atoms with Gasteiger partial charge in [0.15, 0.2) is 0 Å². The summed E-state index contributed by atoms with van der Waals surface area (Å²) in [7, 11) is 0. The first-order valence-electron chi connectivity index (χ1n) is 10.0. The molecule has 3 aliphatic rings. The van der Waals surface area contributed by atoms with Gasteiger partial charge in [0, 0.05) is 37.5 Å². The van der Waals surface area contributed by atoms with Crippen molar-refractivity contribution < 1.29 is 32.6 Å². The first-order valence-corrected chi connectivity index (χ1v) is 10.0. The Hall–Kier alpha value is -1.35. The Bertz CT molecular complexity index is 600. The molecule has 1 aliphatic carbocycles. The third-order valence-corrected chi connectivity index (χ3v) is 6.62. The number of carbonyl (C=O) groups is 2. The van der Waals surface area contributed by atoms with Crippen molar-refractivity contribution in [3.63, 3.8) is 0 Å². The van der Waals surface area contributed by atoms with Crippen LogP contribution in [-0.4, -0.2) is 78.4 Å². The monoisotopic (exact) mass is 406 g/mol. The minimum atomic E-state index is -4.38. The van der Waals surface area contributed by atoms with Gasteiger partial charge in [-0.2, -0.15) is 13.2 Å². The van der Waals surface area contributed by atoms with Gasteiger partial charge in [-0.05, 0) is 25.2 Å². The fourth-order valence-corrected chi connectivity index (χ4v) is 5.14. The topological polar surface area (TPSA) is 70.1 Å². The molecule has 1 saturated carbocycles. The van der Waals surface area contributed by atoms with Gasteiger partial charge in [-0.15, -0.1) is 0 Å². The van der Waals surface area contributed by atoms with E-state index in [4.69, 9.17) is 4.74 Å². The number of hydrogen-bond acceptors (Lipinski definition) is 4. The number of morpholine rings is 1. The Labute approximate surface area is 163 Å². The molecule has 2 heterocycles. The summed E-state index contributed by atoms with van der Waals surface area (Å²) >= 11 is 0. The van der Waals surface area contributed by atoms with Gasteiger partial charge in [0.2, 0.25) is 11.8 Å². The molecule has 28 heavy (non-hydrogen) atoms. The number of nitrogens with zero attached hydrogens (tertiary/aromatic N) is 2. The highest BCUT2D eigenvalue weighted by Crippen LogP contribution is 2.50. The Morgan fingerprint density at radius 2 is 2.11 bits per heavy atom. The van der Waals surface area contributed by atoms with Crippen molar-refractivity contribution in [2.24, 2.45) is 17.3 Å². The van der Waals surface area contributed by atoms with Gasteiger partial charge in [-0.25, -0.2) is 0 Å². The van der Waals surface area contributed by atoms with Crippen LogP contribution < -0.4 is 0 Å². The lowest BCUT2D eigenvalue weighted by molar-refractivity contribution is -0.164. The Morgan fingerprint density at radius 1 is 1.36 bits per heavy atom. The summed E-state index contributed by atoms with van der Waals surface area (Å²) in [6.07, 6.45) is -3.34. The largest absolute Gasteiger partial charge is 0.392 e. The Morgan fingerprint density at radius 3 is 2.79 bits per heavy atom. The van der Waals surface area contributed by atoms with Crippen LogP contribution in [0.25, 0.3) is 0 Å². The highest BCUT2D eigenvalue weighted by Gasteiger charge is 2.52. The highest BCUT2D eigenvalue weighted by atomic mass is 19.4. The van der Waals surface area contributed by atoms with Gasteiger partial charge in [0.25, 0.3) is 0 Å². The van der Waals surface area contributed by atoms with Crippen LogP contribution in [0.15, 0.2) is 0 Å². The molecule has 1 N–H and O–H groups in total. The fraction of sp³-hybridized carbons (Fsp3) is 0.895. The molecular formula is C19H29F3N2O4. The quantitative estimate of drug-likeness (QED) is 0.773. The van der Waals surface area contributed by atoms with Crippen LogP contribution >= 0.6 is 0 Å². The number of hydrogen-bond donors (Lipinski definition) is 1. The van der Waals surface area contributed by atoms with Crippen LogP contribution in [0.4, 0.5) is 13.2 Å². The maximum Gasteiger partial charge on any atom is 0.389 e. The van der Waals surface area contributed by atoms with Crippen molar-refractivity contribution in [1.82, 2.24) is 9.80 Å². The summed E-state index contributed by atoms with van der Waals surface area (Å²) < 4.78 is 43.2. The van der Waals surface area contributed by atoms with Crippen LogP contribution in [0.2, 0.25) is 0 Å². The normalized spacial score (nSPS) is 32.8. The van der Waals surface area contributed by atoms with E-state index in [9.17, 15) is 27.9 Å². The van der Waals surface area contributed by atoms with Gasteiger partial charge < -0.3 is 19.6 Å². The first-order chi connectivity index (χ1) is 13.1. The third kappa shape index (κ3) is 4.45. The molecule has 9 heteroatoms. The zero-order valence-corrected chi connectivity index (χ0v) is 16.2. The maximum atomic E-state index is 12.7. The first kappa shape index (κ1) is 21.4. The summed E-state index contributed by atoms with van der Waals surface area (Å²) in [6.45, 7) is 3.39. The number of rotatable bonds is 4. The number of aliphatic hydroxyl groups is 1. The summed E-state index contributed by atoms with van der Waals surface area (Å²) in [6, 6.07) is 0. The smallest absolute Gasteiger partial charge is 0.389 e. The summed E-state index contributed by atoms with van der Waals surface area (Å²) in [4.78, 5) is 28.0. The fourth-order valence-electron chi connectivity index (χ4n) is 5.14. The van der Waals surface area contributed by atoms with Crippen molar-refractivity contribution in [1.29, 1.82) is 0 Å². The van der Waals surface area contributed by atoms with E-state index in [0.29, 0.717) is 26.1 Å².